The first-order valence-electron chi connectivity index (χ1n) is 6.75. The maximum absolute atomic E-state index is 13.3. The number of hydrogen-bond acceptors (Lipinski definition) is 2. The van der Waals surface area contributed by atoms with Gasteiger partial charge in [-0.05, 0) is 61.3 Å². The first-order chi connectivity index (χ1) is 9.97. The first-order valence-corrected chi connectivity index (χ1v) is 7.54. The van der Waals surface area contributed by atoms with Crippen molar-refractivity contribution in [2.45, 2.75) is 19.9 Å². The van der Waals surface area contributed by atoms with E-state index in [2.05, 4.69) is 34.2 Å². The first kappa shape index (κ1) is 16.0. The quantitative estimate of drug-likeness (QED) is 0.873. The standard InChI is InChI=1S/C17H19BrFNO/c1-10-8-16(21-4)11(2)7-14(10)17(20-3)13-6-5-12(19)9-15(13)18/h5-9,17,20H,1-4H3. The minimum atomic E-state index is -0.247. The summed E-state index contributed by atoms with van der Waals surface area (Å²) in [5.74, 6) is 0.632. The lowest BCUT2D eigenvalue weighted by Gasteiger charge is -2.22. The van der Waals surface area contributed by atoms with E-state index in [1.165, 1.54) is 12.1 Å². The van der Waals surface area contributed by atoms with Crippen molar-refractivity contribution < 1.29 is 9.13 Å². The molecular weight excluding hydrogens is 333 g/mol. The lowest BCUT2D eigenvalue weighted by molar-refractivity contribution is 0.411. The zero-order valence-electron chi connectivity index (χ0n) is 12.6. The number of halogens is 2. The second-order valence-corrected chi connectivity index (χ2v) is 5.92. The lowest BCUT2D eigenvalue weighted by Crippen LogP contribution is -2.19. The van der Waals surface area contributed by atoms with E-state index in [4.69, 9.17) is 4.74 Å². The minimum absolute atomic E-state index is 0.00965. The number of rotatable bonds is 4. The van der Waals surface area contributed by atoms with Crippen molar-refractivity contribution in [2.75, 3.05) is 14.2 Å². The van der Waals surface area contributed by atoms with E-state index >= 15 is 0 Å². The second-order valence-electron chi connectivity index (χ2n) is 5.07. The van der Waals surface area contributed by atoms with Gasteiger partial charge >= 0.3 is 0 Å². The maximum Gasteiger partial charge on any atom is 0.124 e. The summed E-state index contributed by atoms with van der Waals surface area (Å²) in [5.41, 5.74) is 4.37. The van der Waals surface area contributed by atoms with Gasteiger partial charge in [0.05, 0.1) is 13.2 Å². The Morgan fingerprint density at radius 2 is 1.81 bits per heavy atom. The molecule has 1 N–H and O–H groups in total. The van der Waals surface area contributed by atoms with Crippen LogP contribution in [-0.2, 0) is 0 Å². The van der Waals surface area contributed by atoms with E-state index in [0.717, 1.165) is 32.5 Å². The van der Waals surface area contributed by atoms with Gasteiger partial charge in [-0.25, -0.2) is 4.39 Å². The number of methoxy groups -OCH3 is 1. The molecule has 0 aliphatic heterocycles. The number of ether oxygens (including phenoxy) is 1. The molecule has 1 unspecified atom stereocenters. The van der Waals surface area contributed by atoms with Crippen LogP contribution in [0.25, 0.3) is 0 Å². The molecule has 0 saturated carbocycles. The fraction of sp³-hybridized carbons (Fsp3) is 0.294. The summed E-state index contributed by atoms with van der Waals surface area (Å²) >= 11 is 3.45. The van der Waals surface area contributed by atoms with Crippen LogP contribution in [-0.4, -0.2) is 14.2 Å². The van der Waals surface area contributed by atoms with Crippen LogP contribution in [0.1, 0.15) is 28.3 Å². The normalized spacial score (nSPS) is 12.3. The molecule has 2 aromatic carbocycles. The number of benzene rings is 2. The van der Waals surface area contributed by atoms with Crippen LogP contribution in [0.3, 0.4) is 0 Å². The Morgan fingerprint density at radius 1 is 1.10 bits per heavy atom. The van der Waals surface area contributed by atoms with Gasteiger partial charge in [-0.3, -0.25) is 0 Å². The SMILES string of the molecule is CNC(c1cc(C)c(OC)cc1C)c1ccc(F)cc1Br. The van der Waals surface area contributed by atoms with Gasteiger partial charge in [0.1, 0.15) is 11.6 Å². The van der Waals surface area contributed by atoms with Crippen LogP contribution in [0.5, 0.6) is 5.75 Å². The van der Waals surface area contributed by atoms with Crippen molar-refractivity contribution in [1.29, 1.82) is 0 Å². The largest absolute Gasteiger partial charge is 0.496 e. The van der Waals surface area contributed by atoms with E-state index in [1.807, 2.05) is 20.0 Å². The van der Waals surface area contributed by atoms with Crippen molar-refractivity contribution in [1.82, 2.24) is 5.32 Å². The molecule has 21 heavy (non-hydrogen) atoms. The third-order valence-electron chi connectivity index (χ3n) is 3.66. The molecule has 0 aliphatic carbocycles. The number of nitrogens with one attached hydrogen (secondary N) is 1. The van der Waals surface area contributed by atoms with Crippen molar-refractivity contribution in [3.63, 3.8) is 0 Å². The summed E-state index contributed by atoms with van der Waals surface area (Å²) in [7, 11) is 3.58. The summed E-state index contributed by atoms with van der Waals surface area (Å²) in [4.78, 5) is 0. The van der Waals surface area contributed by atoms with E-state index in [0.29, 0.717) is 0 Å². The predicted molar refractivity (Wildman–Crippen MR) is 87.5 cm³/mol. The number of aryl methyl sites for hydroxylation is 2. The minimum Gasteiger partial charge on any atom is -0.496 e. The summed E-state index contributed by atoms with van der Waals surface area (Å²) in [6.07, 6.45) is 0. The Hall–Kier alpha value is -1.39. The van der Waals surface area contributed by atoms with Gasteiger partial charge in [0, 0.05) is 4.47 Å². The summed E-state index contributed by atoms with van der Waals surface area (Å²) in [6.45, 7) is 4.08. The Kier molecular flexibility index (Phi) is 5.01. The maximum atomic E-state index is 13.3. The molecule has 2 nitrogen and oxygen atoms in total. The van der Waals surface area contributed by atoms with Gasteiger partial charge in [0.15, 0.2) is 0 Å². The molecule has 1 atom stereocenters. The van der Waals surface area contributed by atoms with Crippen LogP contribution in [0, 0.1) is 19.7 Å². The summed E-state index contributed by atoms with van der Waals surface area (Å²) in [6, 6.07) is 8.92. The Balaban J connectivity index is 2.53. The van der Waals surface area contributed by atoms with Gasteiger partial charge in [-0.1, -0.05) is 28.1 Å². The average molecular weight is 352 g/mol. The molecule has 0 fully saturated rings. The molecule has 2 aromatic rings. The molecule has 0 aromatic heterocycles. The van der Waals surface area contributed by atoms with Gasteiger partial charge in [-0.15, -0.1) is 0 Å². The summed E-state index contributed by atoms with van der Waals surface area (Å²) < 4.78 is 19.4. The third-order valence-corrected chi connectivity index (χ3v) is 4.34. The molecule has 0 radical (unpaired) electrons. The molecule has 112 valence electrons. The lowest BCUT2D eigenvalue weighted by atomic mass is 9.93. The third kappa shape index (κ3) is 3.27. The predicted octanol–water partition coefficient (Wildman–Crippen LogP) is 4.52. The topological polar surface area (TPSA) is 21.3 Å². The molecule has 2 rings (SSSR count). The van der Waals surface area contributed by atoms with Gasteiger partial charge in [-0.2, -0.15) is 0 Å². The van der Waals surface area contributed by atoms with Crippen LogP contribution < -0.4 is 10.1 Å². The Bertz CT molecular complexity index is 657. The van der Waals surface area contributed by atoms with Crippen LogP contribution in [0.2, 0.25) is 0 Å². The smallest absolute Gasteiger partial charge is 0.124 e. The number of hydrogen-bond donors (Lipinski definition) is 1. The monoisotopic (exact) mass is 351 g/mol. The molecule has 0 saturated heterocycles. The van der Waals surface area contributed by atoms with Crippen molar-refractivity contribution in [3.8, 4) is 5.75 Å². The molecule has 0 aliphatic rings. The summed E-state index contributed by atoms with van der Waals surface area (Å²) in [5, 5.41) is 3.31. The van der Waals surface area contributed by atoms with Crippen LogP contribution in [0.4, 0.5) is 4.39 Å². The highest BCUT2D eigenvalue weighted by Gasteiger charge is 2.18. The van der Waals surface area contributed by atoms with Crippen molar-refractivity contribution in [2.24, 2.45) is 0 Å². The van der Waals surface area contributed by atoms with E-state index < -0.39 is 0 Å². The zero-order valence-corrected chi connectivity index (χ0v) is 14.2. The Morgan fingerprint density at radius 3 is 2.38 bits per heavy atom. The van der Waals surface area contributed by atoms with Crippen molar-refractivity contribution >= 4 is 15.9 Å². The van der Waals surface area contributed by atoms with E-state index in [-0.39, 0.29) is 11.9 Å². The Labute approximate surface area is 133 Å². The highest BCUT2D eigenvalue weighted by molar-refractivity contribution is 9.10. The second kappa shape index (κ2) is 6.58. The highest BCUT2D eigenvalue weighted by atomic mass is 79.9. The molecule has 0 spiro atoms. The molecule has 4 heteroatoms. The van der Waals surface area contributed by atoms with Crippen LogP contribution in [0.15, 0.2) is 34.8 Å². The fourth-order valence-corrected chi connectivity index (χ4v) is 3.14. The fourth-order valence-electron chi connectivity index (χ4n) is 2.56. The molecular formula is C17H19BrFNO. The van der Waals surface area contributed by atoms with Gasteiger partial charge in [0.2, 0.25) is 0 Å². The highest BCUT2D eigenvalue weighted by Crippen LogP contribution is 2.33. The van der Waals surface area contributed by atoms with Crippen LogP contribution >= 0.6 is 15.9 Å². The zero-order chi connectivity index (χ0) is 15.6. The van der Waals surface area contributed by atoms with Gasteiger partial charge < -0.3 is 10.1 Å². The van der Waals surface area contributed by atoms with E-state index in [1.54, 1.807) is 13.2 Å². The van der Waals surface area contributed by atoms with Gasteiger partial charge in [0.25, 0.3) is 0 Å². The molecule has 0 amide bonds. The molecule has 0 bridgehead atoms. The van der Waals surface area contributed by atoms with E-state index in [9.17, 15) is 4.39 Å². The van der Waals surface area contributed by atoms with Crippen molar-refractivity contribution in [3.05, 3.63) is 62.9 Å². The molecule has 0 heterocycles. The average Bonchev–Trinajstić information content (AvgIpc) is 2.45.